The molecule has 1 atom stereocenters. The number of alkyl carbamates (subject to hydrolysis) is 1. The van der Waals surface area contributed by atoms with E-state index in [4.69, 9.17) is 9.16 Å². The molecule has 0 radical (unpaired) electrons. The van der Waals surface area contributed by atoms with Crippen molar-refractivity contribution >= 4 is 35.3 Å². The number of hydrogen-bond acceptors (Lipinski definition) is 8. The van der Waals surface area contributed by atoms with Crippen molar-refractivity contribution in [2.45, 2.75) is 89.5 Å². The number of pyridine rings is 1. The van der Waals surface area contributed by atoms with Crippen LogP contribution in [0.1, 0.15) is 48.5 Å². The third-order valence-electron chi connectivity index (χ3n) is 5.84. The number of hydrogen-bond donors (Lipinski definition) is 1. The highest BCUT2D eigenvalue weighted by atomic mass is 32.2. The summed E-state index contributed by atoms with van der Waals surface area (Å²) in [5.74, 6) is 0. The molecule has 0 saturated carbocycles. The van der Waals surface area contributed by atoms with Crippen LogP contribution in [0.5, 0.6) is 0 Å². The lowest BCUT2D eigenvalue weighted by atomic mass is 10.1. The van der Waals surface area contributed by atoms with Gasteiger partial charge in [0.25, 0.3) is 5.56 Å². The van der Waals surface area contributed by atoms with Gasteiger partial charge in [0, 0.05) is 23.9 Å². The average molecular weight is 527 g/mol. The Hall–Kier alpha value is -2.31. The first-order chi connectivity index (χ1) is 15.6. The SMILES string of the molecule is CC(C)(C)OC(=O)NC[C@](C)(Cn1c(=O)ccc2cnc(S(C)(=O)=O)nc21)O[Si](C)(C)C(C)(C)C. The Morgan fingerprint density at radius 1 is 1.11 bits per heavy atom. The zero-order valence-electron chi connectivity index (χ0n) is 22.3. The Bertz CT molecular complexity index is 1260. The fourth-order valence-corrected chi connectivity index (χ4v) is 5.36. The van der Waals surface area contributed by atoms with E-state index in [-0.39, 0.29) is 34.5 Å². The Balaban J connectivity index is 2.57. The molecule has 0 aromatic carbocycles. The van der Waals surface area contributed by atoms with Crippen LogP contribution < -0.4 is 10.9 Å². The van der Waals surface area contributed by atoms with Crippen LogP contribution >= 0.6 is 0 Å². The molecule has 0 aliphatic heterocycles. The van der Waals surface area contributed by atoms with Gasteiger partial charge in [-0.3, -0.25) is 9.36 Å². The zero-order chi connectivity index (χ0) is 27.0. The summed E-state index contributed by atoms with van der Waals surface area (Å²) in [5, 5.41) is 2.76. The van der Waals surface area contributed by atoms with E-state index in [2.05, 4.69) is 49.1 Å². The smallest absolute Gasteiger partial charge is 0.407 e. The predicted molar refractivity (Wildman–Crippen MR) is 138 cm³/mol. The minimum atomic E-state index is -3.69. The summed E-state index contributed by atoms with van der Waals surface area (Å²) >= 11 is 0. The number of fused-ring (bicyclic) bond motifs is 1. The number of carbonyl (C=O) groups excluding carboxylic acids is 1. The van der Waals surface area contributed by atoms with Gasteiger partial charge in [-0.25, -0.2) is 18.2 Å². The van der Waals surface area contributed by atoms with Crippen LogP contribution in [-0.2, 0) is 25.5 Å². The van der Waals surface area contributed by atoms with Crippen molar-refractivity contribution in [2.75, 3.05) is 12.8 Å². The molecule has 12 heteroatoms. The van der Waals surface area contributed by atoms with Crippen molar-refractivity contribution in [3.8, 4) is 0 Å². The number of ether oxygens (including phenoxy) is 1. The number of carbonyl (C=O) groups is 1. The maximum Gasteiger partial charge on any atom is 0.407 e. The second-order valence-electron chi connectivity index (χ2n) is 11.6. The number of nitrogens with zero attached hydrogens (tertiary/aromatic N) is 3. The summed E-state index contributed by atoms with van der Waals surface area (Å²) in [6, 6.07) is 2.92. The molecule has 0 bridgehead atoms. The highest BCUT2D eigenvalue weighted by Gasteiger charge is 2.43. The first-order valence-electron chi connectivity index (χ1n) is 11.4. The van der Waals surface area contributed by atoms with Crippen molar-refractivity contribution in [2.24, 2.45) is 0 Å². The molecular formula is C23H38N4O6SSi. The number of amides is 1. The largest absolute Gasteiger partial charge is 0.444 e. The molecule has 0 saturated heterocycles. The molecule has 0 fully saturated rings. The van der Waals surface area contributed by atoms with E-state index >= 15 is 0 Å². The third-order valence-corrected chi connectivity index (χ3v) is 11.3. The summed E-state index contributed by atoms with van der Waals surface area (Å²) in [7, 11) is -6.06. The maximum absolute atomic E-state index is 13.0. The zero-order valence-corrected chi connectivity index (χ0v) is 24.2. The lowest BCUT2D eigenvalue weighted by Crippen LogP contribution is -2.56. The lowest BCUT2D eigenvalue weighted by Gasteiger charge is -2.44. The highest BCUT2D eigenvalue weighted by Crippen LogP contribution is 2.39. The number of rotatable bonds is 7. The Labute approximate surface area is 208 Å². The molecule has 2 rings (SSSR count). The molecule has 0 aliphatic carbocycles. The average Bonchev–Trinajstić information content (AvgIpc) is 2.65. The minimum absolute atomic E-state index is 0.0195. The monoisotopic (exact) mass is 526 g/mol. The summed E-state index contributed by atoms with van der Waals surface area (Å²) in [6.07, 6.45) is 1.78. The summed E-state index contributed by atoms with van der Waals surface area (Å²) in [5.41, 5.74) is -1.91. The highest BCUT2D eigenvalue weighted by molar-refractivity contribution is 7.90. The lowest BCUT2D eigenvalue weighted by molar-refractivity contribution is 0.0312. The van der Waals surface area contributed by atoms with Gasteiger partial charge in [-0.15, -0.1) is 0 Å². The topological polar surface area (TPSA) is 129 Å². The molecule has 2 aromatic heterocycles. The minimum Gasteiger partial charge on any atom is -0.444 e. The van der Waals surface area contributed by atoms with Gasteiger partial charge >= 0.3 is 6.09 Å². The van der Waals surface area contributed by atoms with Crippen LogP contribution in [0.3, 0.4) is 0 Å². The van der Waals surface area contributed by atoms with Crippen LogP contribution in [0.25, 0.3) is 11.0 Å². The van der Waals surface area contributed by atoms with Gasteiger partial charge in [0.1, 0.15) is 11.2 Å². The molecule has 10 nitrogen and oxygen atoms in total. The number of nitrogens with one attached hydrogen (secondary N) is 1. The van der Waals surface area contributed by atoms with E-state index in [1.807, 2.05) is 6.92 Å². The maximum atomic E-state index is 13.0. The Morgan fingerprint density at radius 3 is 2.23 bits per heavy atom. The molecule has 35 heavy (non-hydrogen) atoms. The van der Waals surface area contributed by atoms with Crippen LogP contribution in [0.2, 0.25) is 18.1 Å². The molecule has 1 N–H and O–H groups in total. The van der Waals surface area contributed by atoms with Crippen LogP contribution in [-0.4, -0.2) is 61.4 Å². The van der Waals surface area contributed by atoms with E-state index in [9.17, 15) is 18.0 Å². The Morgan fingerprint density at radius 2 is 1.71 bits per heavy atom. The summed E-state index contributed by atoms with van der Waals surface area (Å²) in [6.45, 7) is 17.6. The van der Waals surface area contributed by atoms with E-state index in [1.54, 1.807) is 26.8 Å². The van der Waals surface area contributed by atoms with Crippen molar-refractivity contribution in [1.29, 1.82) is 0 Å². The van der Waals surface area contributed by atoms with Crippen LogP contribution in [0, 0.1) is 0 Å². The van der Waals surface area contributed by atoms with Gasteiger partial charge in [0.15, 0.2) is 8.32 Å². The second kappa shape index (κ2) is 9.62. The van der Waals surface area contributed by atoms with Crippen molar-refractivity contribution in [3.05, 3.63) is 28.7 Å². The first-order valence-corrected chi connectivity index (χ1v) is 16.2. The van der Waals surface area contributed by atoms with Crippen molar-refractivity contribution in [1.82, 2.24) is 19.9 Å². The number of sulfone groups is 1. The molecular weight excluding hydrogens is 488 g/mol. The molecule has 2 aromatic rings. The van der Waals surface area contributed by atoms with Gasteiger partial charge in [-0.2, -0.15) is 4.98 Å². The van der Waals surface area contributed by atoms with Gasteiger partial charge < -0.3 is 14.5 Å². The number of aromatic nitrogens is 3. The fourth-order valence-electron chi connectivity index (χ4n) is 3.19. The molecule has 0 aliphatic rings. The van der Waals surface area contributed by atoms with E-state index < -0.39 is 35.4 Å². The molecule has 196 valence electrons. The van der Waals surface area contributed by atoms with E-state index in [0.29, 0.717) is 5.39 Å². The molecule has 2 heterocycles. The normalized spacial score (nSPS) is 15.0. The molecule has 0 spiro atoms. The standard InChI is InChI=1S/C23H38N4O6SSi/c1-21(2,3)32-20(29)25-14-23(7,33-35(9,10)22(4,5)6)15-27-17(28)12-11-16-13-24-19(26-18(16)27)34(8,30)31/h11-13H,14-15H2,1-10H3,(H,25,29)/t23-/m1/s1. The summed E-state index contributed by atoms with van der Waals surface area (Å²) in [4.78, 5) is 33.5. The second-order valence-corrected chi connectivity index (χ2v) is 18.3. The fraction of sp³-hybridized carbons (Fsp3) is 0.652. The van der Waals surface area contributed by atoms with Crippen LogP contribution in [0.4, 0.5) is 4.79 Å². The van der Waals surface area contributed by atoms with Crippen LogP contribution in [0.15, 0.2) is 28.3 Å². The van der Waals surface area contributed by atoms with Crippen molar-refractivity contribution in [3.63, 3.8) is 0 Å². The van der Waals surface area contributed by atoms with Gasteiger partial charge in [-0.05, 0) is 51.9 Å². The van der Waals surface area contributed by atoms with Crippen molar-refractivity contribution < 1.29 is 22.4 Å². The summed E-state index contributed by atoms with van der Waals surface area (Å²) < 4.78 is 37.6. The third kappa shape index (κ3) is 7.58. The first kappa shape index (κ1) is 28.9. The molecule has 0 unspecified atom stereocenters. The van der Waals surface area contributed by atoms with E-state index in [1.165, 1.54) is 16.8 Å². The van der Waals surface area contributed by atoms with E-state index in [0.717, 1.165) is 6.26 Å². The molecule has 1 amide bonds. The Kier molecular flexibility index (Phi) is 7.95. The predicted octanol–water partition coefficient (Wildman–Crippen LogP) is 3.50. The quantitative estimate of drug-likeness (QED) is 0.429. The van der Waals surface area contributed by atoms with Gasteiger partial charge in [0.05, 0.1) is 18.7 Å². The van der Waals surface area contributed by atoms with Gasteiger partial charge in [0.2, 0.25) is 15.0 Å². The van der Waals surface area contributed by atoms with Gasteiger partial charge in [-0.1, -0.05) is 20.8 Å².